The lowest BCUT2D eigenvalue weighted by Crippen LogP contribution is -2.25. The summed E-state index contributed by atoms with van der Waals surface area (Å²) in [6, 6.07) is 5.70. The van der Waals surface area contributed by atoms with Crippen LogP contribution in [-0.4, -0.2) is 25.8 Å². The average molecular weight is 412 g/mol. The van der Waals surface area contributed by atoms with Gasteiger partial charge < -0.3 is 24.7 Å². The number of benzene rings is 1. The van der Waals surface area contributed by atoms with E-state index in [0.717, 1.165) is 5.56 Å². The first-order valence-corrected chi connectivity index (χ1v) is 9.72. The van der Waals surface area contributed by atoms with Gasteiger partial charge in [-0.3, -0.25) is 0 Å². The normalized spacial score (nSPS) is 16.1. The SMILES string of the molecule is C=CCc1cc(C2C(C#N)=C(N)OC(C)=C2C(=O)OCC)cc(OC)c1OC(C)C. The molecule has 7 heteroatoms. The van der Waals surface area contributed by atoms with Crippen molar-refractivity contribution >= 4 is 5.97 Å². The van der Waals surface area contributed by atoms with E-state index in [1.54, 1.807) is 26.0 Å². The summed E-state index contributed by atoms with van der Waals surface area (Å²) >= 11 is 0. The number of rotatable bonds is 8. The molecule has 2 rings (SSSR count). The van der Waals surface area contributed by atoms with E-state index in [4.69, 9.17) is 24.7 Å². The molecule has 1 aromatic rings. The largest absolute Gasteiger partial charge is 0.493 e. The second-order valence-corrected chi connectivity index (χ2v) is 6.99. The van der Waals surface area contributed by atoms with E-state index in [-0.39, 0.29) is 29.7 Å². The van der Waals surface area contributed by atoms with E-state index >= 15 is 0 Å². The maximum atomic E-state index is 12.7. The fraction of sp³-hybridized carbons (Fsp3) is 0.391. The van der Waals surface area contributed by atoms with E-state index in [1.165, 1.54) is 7.11 Å². The Hall–Kier alpha value is -3.40. The smallest absolute Gasteiger partial charge is 0.338 e. The first-order valence-electron chi connectivity index (χ1n) is 9.72. The Morgan fingerprint density at radius 1 is 1.43 bits per heavy atom. The van der Waals surface area contributed by atoms with Gasteiger partial charge in [-0.05, 0) is 45.7 Å². The molecule has 7 nitrogen and oxygen atoms in total. The van der Waals surface area contributed by atoms with Crippen molar-refractivity contribution in [3.8, 4) is 17.6 Å². The summed E-state index contributed by atoms with van der Waals surface area (Å²) in [6.07, 6.45) is 2.19. The number of nitrogens with two attached hydrogens (primary N) is 1. The quantitative estimate of drug-likeness (QED) is 0.511. The number of nitriles is 1. The highest BCUT2D eigenvalue weighted by Gasteiger charge is 2.37. The summed E-state index contributed by atoms with van der Waals surface area (Å²) in [7, 11) is 1.54. The number of nitrogens with zero attached hydrogens (tertiary/aromatic N) is 1. The van der Waals surface area contributed by atoms with Gasteiger partial charge in [0, 0.05) is 5.56 Å². The number of hydrogen-bond donors (Lipinski definition) is 1. The summed E-state index contributed by atoms with van der Waals surface area (Å²) in [6.45, 7) is 11.2. The van der Waals surface area contributed by atoms with Crippen LogP contribution in [-0.2, 0) is 20.7 Å². The van der Waals surface area contributed by atoms with Gasteiger partial charge in [-0.15, -0.1) is 6.58 Å². The van der Waals surface area contributed by atoms with Crippen molar-refractivity contribution in [2.45, 2.75) is 46.1 Å². The molecule has 0 aliphatic carbocycles. The number of methoxy groups -OCH3 is 1. The second kappa shape index (κ2) is 9.88. The minimum absolute atomic E-state index is 0.0419. The third-order valence-corrected chi connectivity index (χ3v) is 4.53. The van der Waals surface area contributed by atoms with Crippen LogP contribution in [0.1, 0.15) is 44.7 Å². The number of esters is 1. The molecule has 0 fully saturated rings. The topological polar surface area (TPSA) is 104 Å². The van der Waals surface area contributed by atoms with Crippen LogP contribution in [0.5, 0.6) is 11.5 Å². The lowest BCUT2D eigenvalue weighted by Gasteiger charge is -2.28. The van der Waals surface area contributed by atoms with Gasteiger partial charge in [0.15, 0.2) is 11.5 Å². The molecule has 0 aromatic heterocycles. The van der Waals surface area contributed by atoms with Gasteiger partial charge >= 0.3 is 5.97 Å². The lowest BCUT2D eigenvalue weighted by atomic mass is 9.82. The lowest BCUT2D eigenvalue weighted by molar-refractivity contribution is -0.139. The Morgan fingerprint density at radius 3 is 2.67 bits per heavy atom. The minimum Gasteiger partial charge on any atom is -0.493 e. The van der Waals surface area contributed by atoms with Crippen molar-refractivity contribution in [1.82, 2.24) is 0 Å². The number of carbonyl (C=O) groups excluding carboxylic acids is 1. The van der Waals surface area contributed by atoms with Crippen molar-refractivity contribution in [3.05, 3.63) is 58.7 Å². The maximum absolute atomic E-state index is 12.7. The molecule has 1 atom stereocenters. The van der Waals surface area contributed by atoms with E-state index in [9.17, 15) is 10.1 Å². The predicted octanol–water partition coefficient (Wildman–Crippen LogP) is 3.86. The van der Waals surface area contributed by atoms with Crippen molar-refractivity contribution in [2.75, 3.05) is 13.7 Å². The van der Waals surface area contributed by atoms with E-state index in [1.807, 2.05) is 19.9 Å². The molecule has 1 unspecified atom stereocenters. The Labute approximate surface area is 177 Å². The highest BCUT2D eigenvalue weighted by Crippen LogP contribution is 2.44. The highest BCUT2D eigenvalue weighted by atomic mass is 16.5. The van der Waals surface area contributed by atoms with Gasteiger partial charge in [0.05, 0.1) is 31.3 Å². The number of ether oxygens (including phenoxy) is 4. The van der Waals surface area contributed by atoms with Crippen molar-refractivity contribution < 1.29 is 23.7 Å². The first kappa shape index (κ1) is 22.9. The molecule has 2 N–H and O–H groups in total. The average Bonchev–Trinajstić information content (AvgIpc) is 2.68. The van der Waals surface area contributed by atoms with Crippen LogP contribution in [0.15, 0.2) is 47.6 Å². The molecular formula is C23H28N2O5. The van der Waals surface area contributed by atoms with Crippen LogP contribution in [0.25, 0.3) is 0 Å². The second-order valence-electron chi connectivity index (χ2n) is 6.99. The third-order valence-electron chi connectivity index (χ3n) is 4.53. The monoisotopic (exact) mass is 412 g/mol. The van der Waals surface area contributed by atoms with Crippen LogP contribution in [0, 0.1) is 11.3 Å². The molecule has 1 aliphatic rings. The summed E-state index contributed by atoms with van der Waals surface area (Å²) in [5, 5.41) is 9.77. The van der Waals surface area contributed by atoms with Gasteiger partial charge in [-0.1, -0.05) is 12.1 Å². The fourth-order valence-electron chi connectivity index (χ4n) is 3.37. The molecule has 0 bridgehead atoms. The molecule has 160 valence electrons. The molecule has 1 aliphatic heterocycles. The number of allylic oxidation sites excluding steroid dienone is 3. The van der Waals surface area contributed by atoms with Crippen molar-refractivity contribution in [2.24, 2.45) is 5.73 Å². The molecule has 0 radical (unpaired) electrons. The Balaban J connectivity index is 2.77. The van der Waals surface area contributed by atoms with Gasteiger partial charge in [-0.2, -0.15) is 5.26 Å². The molecule has 1 heterocycles. The van der Waals surface area contributed by atoms with Crippen LogP contribution >= 0.6 is 0 Å². The number of hydrogen-bond acceptors (Lipinski definition) is 7. The van der Waals surface area contributed by atoms with Crippen LogP contribution in [0.4, 0.5) is 0 Å². The van der Waals surface area contributed by atoms with Crippen LogP contribution in [0.3, 0.4) is 0 Å². The third kappa shape index (κ3) is 4.60. The zero-order valence-corrected chi connectivity index (χ0v) is 18.1. The molecule has 0 amide bonds. The van der Waals surface area contributed by atoms with Gasteiger partial charge in [0.25, 0.3) is 0 Å². The highest BCUT2D eigenvalue weighted by molar-refractivity contribution is 5.92. The van der Waals surface area contributed by atoms with Crippen molar-refractivity contribution in [3.63, 3.8) is 0 Å². The summed E-state index contributed by atoms with van der Waals surface area (Å²) in [5.41, 5.74) is 7.80. The molecule has 0 saturated heterocycles. The molecule has 0 spiro atoms. The standard InChI is InChI=1S/C23H28N2O5/c1-7-9-15-10-16(11-18(27-6)21(15)29-13(3)4)20-17(12-24)22(25)30-14(5)19(20)23(26)28-8-2/h7,10-11,13,20H,1,8-9,25H2,2-6H3. The maximum Gasteiger partial charge on any atom is 0.338 e. The van der Waals surface area contributed by atoms with Crippen LogP contribution in [0.2, 0.25) is 0 Å². The zero-order chi connectivity index (χ0) is 22.4. The molecule has 30 heavy (non-hydrogen) atoms. The summed E-state index contributed by atoms with van der Waals surface area (Å²) in [4.78, 5) is 12.7. The predicted molar refractivity (Wildman–Crippen MR) is 113 cm³/mol. The van der Waals surface area contributed by atoms with E-state index in [2.05, 4.69) is 12.6 Å². The Kier molecular flexibility index (Phi) is 7.54. The molecule has 0 saturated carbocycles. The van der Waals surface area contributed by atoms with Crippen molar-refractivity contribution in [1.29, 1.82) is 5.26 Å². The van der Waals surface area contributed by atoms with Gasteiger partial charge in [0.1, 0.15) is 17.4 Å². The zero-order valence-electron chi connectivity index (χ0n) is 18.1. The first-order chi connectivity index (χ1) is 14.3. The fourth-order valence-corrected chi connectivity index (χ4v) is 3.37. The van der Waals surface area contributed by atoms with Gasteiger partial charge in [0.2, 0.25) is 5.88 Å². The Bertz CT molecular complexity index is 938. The minimum atomic E-state index is -0.756. The van der Waals surface area contributed by atoms with Gasteiger partial charge in [-0.25, -0.2) is 4.79 Å². The molecule has 1 aromatic carbocycles. The molecular weight excluding hydrogens is 384 g/mol. The number of carbonyl (C=O) groups is 1. The van der Waals surface area contributed by atoms with E-state index < -0.39 is 11.9 Å². The Morgan fingerprint density at radius 2 is 2.13 bits per heavy atom. The summed E-state index contributed by atoms with van der Waals surface area (Å²) < 4.78 is 22.2. The summed E-state index contributed by atoms with van der Waals surface area (Å²) in [5.74, 6) is 0.0140. The van der Waals surface area contributed by atoms with E-state index in [0.29, 0.717) is 29.2 Å². The van der Waals surface area contributed by atoms with Crippen LogP contribution < -0.4 is 15.2 Å².